The van der Waals surface area contributed by atoms with Gasteiger partial charge in [0, 0.05) is 44.9 Å². The minimum absolute atomic E-state index is 0.0424. The SMILES string of the molecule is NCCOCCOCCNC(=O)c1ccc(CNc2nc(NCCCO)nc(NCc3cccc(F)c3)n2)cc1. The smallest absolute Gasteiger partial charge is 0.251 e. The normalized spacial score (nSPS) is 10.8. The monoisotopic (exact) mass is 556 g/mol. The van der Waals surface area contributed by atoms with E-state index < -0.39 is 0 Å². The molecule has 40 heavy (non-hydrogen) atoms. The summed E-state index contributed by atoms with van der Waals surface area (Å²) in [5.74, 6) is 0.478. The number of aliphatic hydroxyl groups excluding tert-OH is 1. The number of rotatable bonds is 19. The lowest BCUT2D eigenvalue weighted by Crippen LogP contribution is -2.27. The second-order valence-electron chi connectivity index (χ2n) is 8.61. The van der Waals surface area contributed by atoms with Crippen LogP contribution in [0.1, 0.15) is 27.9 Å². The number of ether oxygens (including phenoxy) is 2. The first-order valence-corrected chi connectivity index (χ1v) is 13.1. The summed E-state index contributed by atoms with van der Waals surface area (Å²) < 4.78 is 24.1. The molecule has 2 aromatic carbocycles. The predicted molar refractivity (Wildman–Crippen MR) is 151 cm³/mol. The third-order valence-corrected chi connectivity index (χ3v) is 5.43. The number of benzene rings is 2. The van der Waals surface area contributed by atoms with E-state index in [0.717, 1.165) is 11.1 Å². The Morgan fingerprint density at radius 3 is 2.12 bits per heavy atom. The highest BCUT2D eigenvalue weighted by Gasteiger charge is 2.09. The molecule has 216 valence electrons. The first kappa shape index (κ1) is 30.6. The van der Waals surface area contributed by atoms with Crippen LogP contribution in [0.4, 0.5) is 22.2 Å². The second-order valence-corrected chi connectivity index (χ2v) is 8.61. The summed E-state index contributed by atoms with van der Waals surface area (Å²) in [7, 11) is 0. The zero-order valence-electron chi connectivity index (χ0n) is 22.4. The van der Waals surface area contributed by atoms with Crippen molar-refractivity contribution in [2.45, 2.75) is 19.5 Å². The fourth-order valence-electron chi connectivity index (χ4n) is 3.42. The maximum absolute atomic E-state index is 13.5. The molecule has 1 aromatic heterocycles. The molecule has 0 saturated carbocycles. The van der Waals surface area contributed by atoms with E-state index in [0.29, 0.717) is 89.0 Å². The van der Waals surface area contributed by atoms with E-state index in [1.807, 2.05) is 12.1 Å². The van der Waals surface area contributed by atoms with Crippen LogP contribution in [0.5, 0.6) is 0 Å². The molecule has 7 N–H and O–H groups in total. The molecule has 0 atom stereocenters. The molecule has 0 radical (unpaired) electrons. The molecule has 0 bridgehead atoms. The number of nitrogens with two attached hydrogens (primary N) is 1. The molecule has 1 amide bonds. The summed E-state index contributed by atoms with van der Waals surface area (Å²) >= 11 is 0. The van der Waals surface area contributed by atoms with Gasteiger partial charge in [-0.1, -0.05) is 24.3 Å². The van der Waals surface area contributed by atoms with Crippen LogP contribution in [0, 0.1) is 5.82 Å². The quantitative estimate of drug-likeness (QED) is 0.119. The molecule has 0 saturated heterocycles. The van der Waals surface area contributed by atoms with Gasteiger partial charge in [-0.3, -0.25) is 4.79 Å². The first-order valence-electron chi connectivity index (χ1n) is 13.1. The fourth-order valence-corrected chi connectivity index (χ4v) is 3.42. The lowest BCUT2D eigenvalue weighted by atomic mass is 10.1. The highest BCUT2D eigenvalue weighted by Crippen LogP contribution is 2.13. The van der Waals surface area contributed by atoms with Crippen molar-refractivity contribution in [1.82, 2.24) is 20.3 Å². The first-order chi connectivity index (χ1) is 19.6. The lowest BCUT2D eigenvalue weighted by molar-refractivity contribution is 0.0511. The number of nitrogens with zero attached hydrogens (tertiary/aromatic N) is 3. The Balaban J connectivity index is 1.50. The maximum Gasteiger partial charge on any atom is 0.251 e. The van der Waals surface area contributed by atoms with E-state index in [1.165, 1.54) is 12.1 Å². The summed E-state index contributed by atoms with van der Waals surface area (Å²) in [6.45, 7) is 3.95. The molecular weight excluding hydrogens is 519 g/mol. The number of halogens is 1. The van der Waals surface area contributed by atoms with E-state index in [1.54, 1.807) is 24.3 Å². The topological polar surface area (TPSA) is 169 Å². The van der Waals surface area contributed by atoms with Crippen molar-refractivity contribution in [2.75, 3.05) is 68.6 Å². The molecule has 13 heteroatoms. The van der Waals surface area contributed by atoms with Crippen LogP contribution in [-0.2, 0) is 22.6 Å². The van der Waals surface area contributed by atoms with Gasteiger partial charge in [-0.15, -0.1) is 0 Å². The van der Waals surface area contributed by atoms with Crippen LogP contribution in [0.2, 0.25) is 0 Å². The Morgan fingerprint density at radius 1 is 0.825 bits per heavy atom. The van der Waals surface area contributed by atoms with Gasteiger partial charge in [0.25, 0.3) is 5.91 Å². The van der Waals surface area contributed by atoms with Gasteiger partial charge in [-0.2, -0.15) is 15.0 Å². The third-order valence-electron chi connectivity index (χ3n) is 5.43. The molecule has 0 aliphatic heterocycles. The van der Waals surface area contributed by atoms with Gasteiger partial charge >= 0.3 is 0 Å². The molecule has 0 fully saturated rings. The van der Waals surface area contributed by atoms with Gasteiger partial charge in [-0.05, 0) is 41.8 Å². The van der Waals surface area contributed by atoms with E-state index >= 15 is 0 Å². The van der Waals surface area contributed by atoms with Crippen LogP contribution in [0.15, 0.2) is 48.5 Å². The molecule has 3 aromatic rings. The van der Waals surface area contributed by atoms with Crippen molar-refractivity contribution in [3.63, 3.8) is 0 Å². The van der Waals surface area contributed by atoms with Crippen molar-refractivity contribution < 1.29 is 23.8 Å². The van der Waals surface area contributed by atoms with Gasteiger partial charge < -0.3 is 41.6 Å². The maximum atomic E-state index is 13.5. The summed E-state index contributed by atoms with van der Waals surface area (Å²) in [6.07, 6.45) is 0.539. The number of aromatic nitrogens is 3. The summed E-state index contributed by atoms with van der Waals surface area (Å²) in [5.41, 5.74) is 7.55. The number of aliphatic hydroxyl groups is 1. The van der Waals surface area contributed by atoms with Crippen molar-refractivity contribution in [1.29, 1.82) is 0 Å². The number of nitrogens with one attached hydrogen (secondary N) is 4. The van der Waals surface area contributed by atoms with Crippen LogP contribution < -0.4 is 27.0 Å². The van der Waals surface area contributed by atoms with E-state index in [2.05, 4.69) is 36.2 Å². The molecule has 3 rings (SSSR count). The molecule has 1 heterocycles. The Kier molecular flexibility index (Phi) is 13.5. The van der Waals surface area contributed by atoms with Gasteiger partial charge in [0.1, 0.15) is 5.82 Å². The number of hydrogen-bond acceptors (Lipinski definition) is 11. The standard InChI is InChI=1S/C27H37FN8O4/c28-23-4-1-3-21(17-23)19-33-27-35-25(31-10-2-12-37)34-26(36-27)32-18-20-5-7-22(8-6-20)24(38)30-11-14-40-16-15-39-13-9-29/h1,3-8,17,37H,2,9-16,18-19,29H2,(H,30,38)(H3,31,32,33,34,35,36). The van der Waals surface area contributed by atoms with Crippen LogP contribution in [0.3, 0.4) is 0 Å². The second kappa shape index (κ2) is 17.6. The fraction of sp³-hybridized carbons (Fsp3) is 0.407. The number of amides is 1. The van der Waals surface area contributed by atoms with Crippen LogP contribution in [0.25, 0.3) is 0 Å². The molecular formula is C27H37FN8O4. The predicted octanol–water partition coefficient (Wildman–Crippen LogP) is 1.75. The number of anilines is 3. The van der Waals surface area contributed by atoms with Crippen molar-refractivity contribution in [2.24, 2.45) is 5.73 Å². The zero-order chi connectivity index (χ0) is 28.4. The number of carbonyl (C=O) groups is 1. The molecule has 12 nitrogen and oxygen atoms in total. The average Bonchev–Trinajstić information content (AvgIpc) is 2.97. The molecule has 0 aliphatic rings. The van der Waals surface area contributed by atoms with Crippen LogP contribution >= 0.6 is 0 Å². The van der Waals surface area contributed by atoms with Crippen molar-refractivity contribution >= 4 is 23.8 Å². The minimum atomic E-state index is -0.318. The highest BCUT2D eigenvalue weighted by molar-refractivity contribution is 5.94. The Labute approximate surface area is 232 Å². The zero-order valence-corrected chi connectivity index (χ0v) is 22.4. The Hall–Kier alpha value is -3.91. The van der Waals surface area contributed by atoms with Gasteiger partial charge in [0.15, 0.2) is 0 Å². The summed E-state index contributed by atoms with van der Waals surface area (Å²) in [6, 6.07) is 13.4. The van der Waals surface area contributed by atoms with E-state index in [9.17, 15) is 9.18 Å². The Bertz CT molecular complexity index is 1170. The van der Waals surface area contributed by atoms with Crippen molar-refractivity contribution in [3.05, 3.63) is 71.0 Å². The van der Waals surface area contributed by atoms with Gasteiger partial charge in [0.2, 0.25) is 17.8 Å². The van der Waals surface area contributed by atoms with Gasteiger partial charge in [0.05, 0.1) is 26.4 Å². The van der Waals surface area contributed by atoms with E-state index in [-0.39, 0.29) is 18.3 Å². The lowest BCUT2D eigenvalue weighted by Gasteiger charge is -2.12. The number of hydrogen-bond donors (Lipinski definition) is 6. The van der Waals surface area contributed by atoms with E-state index in [4.69, 9.17) is 20.3 Å². The number of carbonyl (C=O) groups excluding carboxylic acids is 1. The van der Waals surface area contributed by atoms with Gasteiger partial charge in [-0.25, -0.2) is 4.39 Å². The largest absolute Gasteiger partial charge is 0.396 e. The van der Waals surface area contributed by atoms with Crippen molar-refractivity contribution in [3.8, 4) is 0 Å². The third kappa shape index (κ3) is 11.5. The average molecular weight is 557 g/mol. The molecule has 0 spiro atoms. The molecule has 0 unspecified atom stereocenters. The summed E-state index contributed by atoms with van der Waals surface area (Å²) in [4.78, 5) is 25.5. The minimum Gasteiger partial charge on any atom is -0.396 e. The highest BCUT2D eigenvalue weighted by atomic mass is 19.1. The molecule has 0 aliphatic carbocycles. The summed E-state index contributed by atoms with van der Waals surface area (Å²) in [5, 5.41) is 21.2. The Morgan fingerprint density at radius 2 is 1.48 bits per heavy atom. The van der Waals surface area contributed by atoms with Crippen LogP contribution in [-0.4, -0.2) is 78.6 Å².